The number of quaternary nitrogens is 1. The Bertz CT molecular complexity index is 540. The van der Waals surface area contributed by atoms with E-state index in [0.29, 0.717) is 6.16 Å². The van der Waals surface area contributed by atoms with Crippen LogP contribution in [0.2, 0.25) is 0 Å². The lowest BCUT2D eigenvalue weighted by Crippen LogP contribution is -2.54. The van der Waals surface area contributed by atoms with Crippen molar-refractivity contribution in [3.8, 4) is 0 Å². The fraction of sp³-hybridized carbons (Fsp3) is 1.00. The van der Waals surface area contributed by atoms with Crippen LogP contribution in [0.25, 0.3) is 0 Å². The normalized spacial score (nSPS) is 15.4. The molecule has 0 rings (SSSR count). The molecule has 1 N–H and O–H groups in total. The quantitative estimate of drug-likeness (QED) is 0.0428. The molecular formula is C33H71NO3P+. The molecule has 0 bridgehead atoms. The third-order valence-corrected chi connectivity index (χ3v) is 10.2. The highest BCUT2D eigenvalue weighted by Gasteiger charge is 2.38. The van der Waals surface area contributed by atoms with Gasteiger partial charge in [0.2, 0.25) is 6.23 Å². The van der Waals surface area contributed by atoms with Gasteiger partial charge in [0.05, 0.1) is 26.3 Å². The van der Waals surface area contributed by atoms with Gasteiger partial charge in [0.1, 0.15) is 0 Å². The summed E-state index contributed by atoms with van der Waals surface area (Å²) in [5.74, 6) is 0.284. The Balaban J connectivity index is 5.50. The molecule has 0 radical (unpaired) electrons. The van der Waals surface area contributed by atoms with E-state index in [1.54, 1.807) is 0 Å². The molecule has 0 heterocycles. The smallest absolute Gasteiger partial charge is 0.324 e. The van der Waals surface area contributed by atoms with Crippen LogP contribution in [0.4, 0.5) is 0 Å². The van der Waals surface area contributed by atoms with Gasteiger partial charge < -0.3 is 9.38 Å². The Kier molecular flexibility index (Phi) is 24.9. The maximum atomic E-state index is 13.6. The van der Waals surface area contributed by atoms with Crippen molar-refractivity contribution in [1.82, 2.24) is 0 Å². The van der Waals surface area contributed by atoms with Crippen LogP contribution in [0.15, 0.2) is 0 Å². The highest BCUT2D eigenvalue weighted by atomic mass is 31.2. The van der Waals surface area contributed by atoms with Crippen molar-refractivity contribution in [3.05, 3.63) is 0 Å². The third-order valence-electron chi connectivity index (χ3n) is 8.61. The summed E-state index contributed by atoms with van der Waals surface area (Å²) in [7, 11) is -1.31. The molecule has 0 spiro atoms. The Labute approximate surface area is 240 Å². The van der Waals surface area contributed by atoms with E-state index in [1.807, 2.05) is 0 Å². The monoisotopic (exact) mass is 561 g/mol. The van der Waals surface area contributed by atoms with Gasteiger partial charge in [0.15, 0.2) is 0 Å². The molecule has 38 heavy (non-hydrogen) atoms. The van der Waals surface area contributed by atoms with Crippen LogP contribution in [0.1, 0.15) is 176 Å². The van der Waals surface area contributed by atoms with Crippen LogP contribution in [0.5, 0.6) is 0 Å². The Morgan fingerprint density at radius 1 is 0.605 bits per heavy atom. The van der Waals surface area contributed by atoms with Crippen LogP contribution >= 0.6 is 7.60 Å². The van der Waals surface area contributed by atoms with Gasteiger partial charge in [-0.05, 0) is 44.4 Å². The summed E-state index contributed by atoms with van der Waals surface area (Å²) in [6.45, 7) is 13.3. The molecule has 230 valence electrons. The molecule has 3 atom stereocenters. The lowest BCUT2D eigenvalue weighted by molar-refractivity contribution is -0.952. The van der Waals surface area contributed by atoms with Gasteiger partial charge in [0.25, 0.3) is 0 Å². The van der Waals surface area contributed by atoms with E-state index in [2.05, 4.69) is 41.7 Å². The van der Waals surface area contributed by atoms with Gasteiger partial charge in [0, 0.05) is 6.42 Å². The first kappa shape index (κ1) is 38.1. The van der Waals surface area contributed by atoms with E-state index >= 15 is 0 Å². The van der Waals surface area contributed by atoms with Crippen molar-refractivity contribution >= 4 is 7.60 Å². The van der Waals surface area contributed by atoms with Crippen LogP contribution < -0.4 is 0 Å². The summed E-state index contributed by atoms with van der Waals surface area (Å²) >= 11 is 0. The van der Waals surface area contributed by atoms with Gasteiger partial charge in [-0.15, -0.1) is 0 Å². The van der Waals surface area contributed by atoms with Gasteiger partial charge in [-0.3, -0.25) is 9.09 Å². The second-order valence-corrected chi connectivity index (χ2v) is 14.3. The van der Waals surface area contributed by atoms with Crippen LogP contribution in [-0.2, 0) is 9.09 Å². The van der Waals surface area contributed by atoms with Crippen LogP contribution in [-0.4, -0.2) is 41.9 Å². The van der Waals surface area contributed by atoms with Gasteiger partial charge in [-0.1, -0.05) is 131 Å². The molecule has 3 unspecified atom stereocenters. The fourth-order valence-corrected chi connectivity index (χ4v) is 7.68. The summed E-state index contributed by atoms with van der Waals surface area (Å²) in [5.41, 5.74) is 0. The first-order valence-electron chi connectivity index (χ1n) is 17.1. The van der Waals surface area contributed by atoms with Gasteiger partial charge in [-0.25, -0.2) is 0 Å². The first-order chi connectivity index (χ1) is 18.3. The van der Waals surface area contributed by atoms with Crippen LogP contribution in [0, 0.1) is 5.92 Å². The van der Waals surface area contributed by atoms with Crippen molar-refractivity contribution in [2.75, 3.05) is 26.3 Å². The summed E-state index contributed by atoms with van der Waals surface area (Å²) < 4.78 is 20.8. The molecule has 4 nitrogen and oxygen atoms in total. The second kappa shape index (κ2) is 24.9. The molecule has 0 aliphatic heterocycles. The Hall–Kier alpha value is 0.110. The average Bonchev–Trinajstić information content (AvgIpc) is 2.89. The molecule has 0 saturated carbocycles. The number of rotatable bonds is 29. The maximum Gasteiger partial charge on any atom is 0.333 e. The molecule has 0 aliphatic carbocycles. The van der Waals surface area contributed by atoms with Crippen LogP contribution in [0.3, 0.4) is 0 Å². The molecule has 0 saturated heterocycles. The first-order valence-corrected chi connectivity index (χ1v) is 18.9. The topological polar surface area (TPSA) is 46.5 Å². The van der Waals surface area contributed by atoms with Crippen molar-refractivity contribution in [2.24, 2.45) is 5.92 Å². The molecule has 0 aromatic heterocycles. The van der Waals surface area contributed by atoms with Crippen molar-refractivity contribution in [3.63, 3.8) is 0 Å². The Morgan fingerprint density at radius 2 is 1.03 bits per heavy atom. The minimum absolute atomic E-state index is 0.164. The zero-order valence-electron chi connectivity index (χ0n) is 27.0. The van der Waals surface area contributed by atoms with E-state index in [0.717, 1.165) is 56.1 Å². The van der Waals surface area contributed by atoms with E-state index in [9.17, 15) is 9.46 Å². The van der Waals surface area contributed by atoms with Crippen molar-refractivity contribution in [1.29, 1.82) is 0 Å². The van der Waals surface area contributed by atoms with E-state index in [-0.39, 0.29) is 12.1 Å². The largest absolute Gasteiger partial charge is 0.333 e. The highest BCUT2D eigenvalue weighted by molar-refractivity contribution is 7.52. The summed E-state index contributed by atoms with van der Waals surface area (Å²) in [5, 5.41) is 0. The van der Waals surface area contributed by atoms with Gasteiger partial charge >= 0.3 is 7.60 Å². The van der Waals surface area contributed by atoms with Crippen molar-refractivity contribution < 1.29 is 18.5 Å². The molecule has 0 aromatic carbocycles. The molecule has 0 amide bonds. The summed E-state index contributed by atoms with van der Waals surface area (Å²) in [4.78, 5) is 11.2. The zero-order chi connectivity index (χ0) is 28.5. The fourth-order valence-electron chi connectivity index (χ4n) is 5.78. The predicted molar refractivity (Wildman–Crippen MR) is 169 cm³/mol. The number of hydrogen-bond acceptors (Lipinski definition) is 2. The molecule has 0 aliphatic rings. The Morgan fingerprint density at radius 3 is 1.47 bits per heavy atom. The number of hydrogen-bond donors (Lipinski definition) is 1. The second-order valence-electron chi connectivity index (χ2n) is 12.5. The number of unbranched alkanes of at least 4 members (excludes halogenated alkanes) is 15. The molecular weight excluding hydrogens is 489 g/mol. The third kappa shape index (κ3) is 20.1. The molecule has 0 aromatic rings. The standard InChI is InChI=1S/C33H70NO3P/c1-7-12-16-19-22-25-29-34(6,30-26-23-20-17-13-8-2)33(28-24-21-18-14-9-3)37-38(35,36)31-32(11-5)27-15-10-4/h32-33H,7-31H2,1-6H3/p+1. The number of nitrogens with zero attached hydrogens (tertiary/aromatic N) is 1. The van der Waals surface area contributed by atoms with Crippen molar-refractivity contribution in [2.45, 2.75) is 182 Å². The lowest BCUT2D eigenvalue weighted by atomic mass is 10.0. The average molecular weight is 561 g/mol. The van der Waals surface area contributed by atoms with E-state index < -0.39 is 7.60 Å². The molecule has 0 fully saturated rings. The molecule has 5 heteroatoms. The minimum atomic E-state index is -3.64. The maximum absolute atomic E-state index is 13.6. The van der Waals surface area contributed by atoms with E-state index in [1.165, 1.54) is 103 Å². The highest BCUT2D eigenvalue weighted by Crippen LogP contribution is 2.48. The van der Waals surface area contributed by atoms with Gasteiger partial charge in [-0.2, -0.15) is 0 Å². The zero-order valence-corrected chi connectivity index (χ0v) is 27.9. The SMILES string of the molecule is CCCCCCCC[N+](C)(CCCCCCCC)C(CCCCCCC)OP(=O)(O)CC(CC)CCCC. The predicted octanol–water partition coefficient (Wildman–Crippen LogP) is 11.3. The van der Waals surface area contributed by atoms with E-state index in [4.69, 9.17) is 4.52 Å². The lowest BCUT2D eigenvalue weighted by Gasteiger charge is -2.42. The summed E-state index contributed by atoms with van der Waals surface area (Å²) in [6.07, 6.45) is 26.8. The summed E-state index contributed by atoms with van der Waals surface area (Å²) in [6, 6.07) is 0. The minimum Gasteiger partial charge on any atom is -0.324 e.